The summed E-state index contributed by atoms with van der Waals surface area (Å²) in [5.41, 5.74) is 8.73. The maximum atomic E-state index is 12.1. The summed E-state index contributed by atoms with van der Waals surface area (Å²) in [5.74, 6) is 0.00856. The summed E-state index contributed by atoms with van der Waals surface area (Å²) in [4.78, 5) is 12.1. The molecule has 2 aromatic rings. The molecule has 0 aliphatic carbocycles. The second-order valence-corrected chi connectivity index (χ2v) is 4.71. The van der Waals surface area contributed by atoms with Crippen LogP contribution in [-0.4, -0.2) is 13.1 Å². The molecule has 0 amide bonds. The van der Waals surface area contributed by atoms with Gasteiger partial charge in [-0.05, 0) is 35.7 Å². The Kier molecular flexibility index (Phi) is 4.82. The summed E-state index contributed by atoms with van der Waals surface area (Å²) >= 11 is 0. The van der Waals surface area contributed by atoms with Gasteiger partial charge >= 0.3 is 5.97 Å². The molecule has 0 saturated carbocycles. The predicted molar refractivity (Wildman–Crippen MR) is 82.3 cm³/mol. The fraction of sp³-hybridized carbons (Fsp3) is 0.235. The molecular formula is C17H19NO3. The minimum atomic E-state index is -0.446. The third kappa shape index (κ3) is 3.75. The van der Waals surface area contributed by atoms with Crippen molar-refractivity contribution in [2.45, 2.75) is 20.0 Å². The minimum absolute atomic E-state index is 0.223. The molecule has 0 aliphatic rings. The number of nitrogens with two attached hydrogens (primary N) is 1. The van der Waals surface area contributed by atoms with Gasteiger partial charge in [0.2, 0.25) is 0 Å². The lowest BCUT2D eigenvalue weighted by molar-refractivity contribution is 0.0469. The van der Waals surface area contributed by atoms with Crippen LogP contribution in [0, 0.1) is 0 Å². The smallest absolute Gasteiger partial charge is 0.342 e. The number of anilines is 1. The highest BCUT2D eigenvalue weighted by Crippen LogP contribution is 2.22. The van der Waals surface area contributed by atoms with Crippen LogP contribution in [-0.2, 0) is 17.8 Å². The van der Waals surface area contributed by atoms with Crippen LogP contribution in [0.5, 0.6) is 5.75 Å². The van der Waals surface area contributed by atoms with Crippen molar-refractivity contribution in [3.63, 3.8) is 0 Å². The lowest BCUT2D eigenvalue weighted by Gasteiger charge is -2.10. The van der Waals surface area contributed by atoms with Gasteiger partial charge in [0.1, 0.15) is 17.9 Å². The van der Waals surface area contributed by atoms with Crippen LogP contribution in [0.2, 0.25) is 0 Å². The maximum absolute atomic E-state index is 12.1. The van der Waals surface area contributed by atoms with Crippen LogP contribution in [0.3, 0.4) is 0 Å². The Morgan fingerprint density at radius 3 is 2.38 bits per heavy atom. The van der Waals surface area contributed by atoms with Crippen molar-refractivity contribution >= 4 is 11.7 Å². The number of benzene rings is 2. The van der Waals surface area contributed by atoms with E-state index in [1.54, 1.807) is 18.2 Å². The van der Waals surface area contributed by atoms with Gasteiger partial charge in [-0.15, -0.1) is 0 Å². The van der Waals surface area contributed by atoms with E-state index in [1.807, 2.05) is 24.3 Å². The SMILES string of the molecule is CCc1ccc(COC(=O)c2cc(N)ccc2OC)cc1. The molecule has 4 nitrogen and oxygen atoms in total. The highest BCUT2D eigenvalue weighted by atomic mass is 16.5. The average Bonchev–Trinajstić information content (AvgIpc) is 2.53. The number of nitrogen functional groups attached to an aromatic ring is 1. The number of aryl methyl sites for hydroxylation is 1. The van der Waals surface area contributed by atoms with Gasteiger partial charge in [-0.1, -0.05) is 31.2 Å². The molecule has 0 fully saturated rings. The first-order valence-electron chi connectivity index (χ1n) is 6.82. The molecule has 0 spiro atoms. The van der Waals surface area contributed by atoms with Crippen LogP contribution < -0.4 is 10.5 Å². The zero-order valence-electron chi connectivity index (χ0n) is 12.3. The van der Waals surface area contributed by atoms with Crippen molar-refractivity contribution in [3.05, 3.63) is 59.2 Å². The van der Waals surface area contributed by atoms with Crippen molar-refractivity contribution in [1.82, 2.24) is 0 Å². The third-order valence-corrected chi connectivity index (χ3v) is 3.24. The number of rotatable bonds is 5. The number of carbonyl (C=O) groups is 1. The monoisotopic (exact) mass is 285 g/mol. The Hall–Kier alpha value is -2.49. The van der Waals surface area contributed by atoms with Gasteiger partial charge < -0.3 is 15.2 Å². The lowest BCUT2D eigenvalue weighted by Crippen LogP contribution is -2.08. The number of hydrogen-bond donors (Lipinski definition) is 1. The average molecular weight is 285 g/mol. The van der Waals surface area contributed by atoms with E-state index in [0.29, 0.717) is 17.0 Å². The van der Waals surface area contributed by atoms with Crippen molar-refractivity contribution in [2.24, 2.45) is 0 Å². The molecule has 2 rings (SSSR count). The van der Waals surface area contributed by atoms with E-state index >= 15 is 0 Å². The molecule has 2 aromatic carbocycles. The molecule has 0 heterocycles. The molecule has 0 aromatic heterocycles. The summed E-state index contributed by atoms with van der Waals surface area (Å²) in [7, 11) is 1.51. The summed E-state index contributed by atoms with van der Waals surface area (Å²) in [6, 6.07) is 12.9. The van der Waals surface area contributed by atoms with Gasteiger partial charge in [-0.25, -0.2) is 4.79 Å². The first kappa shape index (κ1) is 14.9. The first-order valence-corrected chi connectivity index (χ1v) is 6.82. The van der Waals surface area contributed by atoms with Crippen molar-refractivity contribution in [3.8, 4) is 5.75 Å². The highest BCUT2D eigenvalue weighted by Gasteiger charge is 2.14. The molecule has 0 bridgehead atoms. The summed E-state index contributed by atoms with van der Waals surface area (Å²) in [5, 5.41) is 0. The minimum Gasteiger partial charge on any atom is -0.496 e. The maximum Gasteiger partial charge on any atom is 0.342 e. The number of hydrogen-bond acceptors (Lipinski definition) is 4. The van der Waals surface area contributed by atoms with E-state index in [-0.39, 0.29) is 6.61 Å². The van der Waals surface area contributed by atoms with Gasteiger partial charge in [0.05, 0.1) is 7.11 Å². The Labute approximate surface area is 124 Å². The Bertz CT molecular complexity index is 620. The zero-order chi connectivity index (χ0) is 15.2. The Balaban J connectivity index is 2.05. The van der Waals surface area contributed by atoms with Crippen LogP contribution in [0.25, 0.3) is 0 Å². The molecule has 0 atom stereocenters. The fourth-order valence-electron chi connectivity index (χ4n) is 1.98. The molecule has 110 valence electrons. The zero-order valence-corrected chi connectivity index (χ0v) is 12.3. The van der Waals surface area contributed by atoms with E-state index in [1.165, 1.54) is 12.7 Å². The van der Waals surface area contributed by atoms with Crippen LogP contribution in [0.4, 0.5) is 5.69 Å². The number of ether oxygens (including phenoxy) is 2. The predicted octanol–water partition coefficient (Wildman–Crippen LogP) is 3.20. The number of methoxy groups -OCH3 is 1. The van der Waals surface area contributed by atoms with Gasteiger partial charge in [0.15, 0.2) is 0 Å². The molecule has 21 heavy (non-hydrogen) atoms. The van der Waals surface area contributed by atoms with E-state index in [2.05, 4.69) is 6.92 Å². The van der Waals surface area contributed by atoms with Crippen molar-refractivity contribution < 1.29 is 14.3 Å². The third-order valence-electron chi connectivity index (χ3n) is 3.24. The van der Waals surface area contributed by atoms with Gasteiger partial charge in [0.25, 0.3) is 0 Å². The molecule has 4 heteroatoms. The lowest BCUT2D eigenvalue weighted by atomic mass is 10.1. The van der Waals surface area contributed by atoms with E-state index in [0.717, 1.165) is 12.0 Å². The summed E-state index contributed by atoms with van der Waals surface area (Å²) in [6.07, 6.45) is 0.987. The highest BCUT2D eigenvalue weighted by molar-refractivity contribution is 5.93. The van der Waals surface area contributed by atoms with E-state index < -0.39 is 5.97 Å². The number of esters is 1. The van der Waals surface area contributed by atoms with Crippen LogP contribution >= 0.6 is 0 Å². The first-order chi connectivity index (χ1) is 10.1. The molecule has 0 saturated heterocycles. The fourth-order valence-corrected chi connectivity index (χ4v) is 1.98. The van der Waals surface area contributed by atoms with E-state index in [4.69, 9.17) is 15.2 Å². The molecule has 0 unspecified atom stereocenters. The molecule has 2 N–H and O–H groups in total. The normalized spacial score (nSPS) is 10.2. The molecular weight excluding hydrogens is 266 g/mol. The van der Waals surface area contributed by atoms with Crippen molar-refractivity contribution in [2.75, 3.05) is 12.8 Å². The topological polar surface area (TPSA) is 61.5 Å². The second-order valence-electron chi connectivity index (χ2n) is 4.71. The Morgan fingerprint density at radius 2 is 1.76 bits per heavy atom. The van der Waals surface area contributed by atoms with Crippen LogP contribution in [0.15, 0.2) is 42.5 Å². The van der Waals surface area contributed by atoms with Crippen LogP contribution in [0.1, 0.15) is 28.4 Å². The largest absolute Gasteiger partial charge is 0.496 e. The summed E-state index contributed by atoms with van der Waals surface area (Å²) < 4.78 is 10.5. The van der Waals surface area contributed by atoms with Gasteiger partial charge in [0, 0.05) is 5.69 Å². The van der Waals surface area contributed by atoms with Gasteiger partial charge in [-0.2, -0.15) is 0 Å². The second kappa shape index (κ2) is 6.79. The van der Waals surface area contributed by atoms with Gasteiger partial charge in [-0.3, -0.25) is 0 Å². The molecule has 0 aliphatic heterocycles. The molecule has 0 radical (unpaired) electrons. The van der Waals surface area contributed by atoms with Crippen molar-refractivity contribution in [1.29, 1.82) is 0 Å². The standard InChI is InChI=1S/C17H19NO3/c1-3-12-4-6-13(7-5-12)11-21-17(19)15-10-14(18)8-9-16(15)20-2/h4-10H,3,11,18H2,1-2H3. The quantitative estimate of drug-likeness (QED) is 0.677. The Morgan fingerprint density at radius 1 is 1.10 bits per heavy atom. The van der Waals surface area contributed by atoms with E-state index in [9.17, 15) is 4.79 Å². The number of carbonyl (C=O) groups excluding carboxylic acids is 1. The summed E-state index contributed by atoms with van der Waals surface area (Å²) in [6.45, 7) is 2.32.